The van der Waals surface area contributed by atoms with Crippen molar-refractivity contribution in [3.63, 3.8) is 0 Å². The number of ether oxygens (including phenoxy) is 2. The Morgan fingerprint density at radius 1 is 1.17 bits per heavy atom. The number of carboxylic acid groups (broad SMARTS) is 1. The maximum atomic E-state index is 12.0. The van der Waals surface area contributed by atoms with Crippen LogP contribution in [0.4, 0.5) is 5.95 Å². The van der Waals surface area contributed by atoms with Crippen molar-refractivity contribution in [2.75, 3.05) is 30.0 Å². The van der Waals surface area contributed by atoms with E-state index in [1.165, 1.54) is 0 Å². The molecule has 2 aliphatic rings. The molecule has 2 fully saturated rings. The van der Waals surface area contributed by atoms with Gasteiger partial charge in [0.1, 0.15) is 17.9 Å². The third kappa shape index (κ3) is 4.69. The van der Waals surface area contributed by atoms with Gasteiger partial charge in [0, 0.05) is 6.20 Å². The van der Waals surface area contributed by atoms with Crippen molar-refractivity contribution in [3.8, 4) is 11.5 Å². The number of amides is 1. The molecular weight excluding hydrogens is 400 g/mol. The Kier molecular flexibility index (Phi) is 5.97. The fraction of sp³-hybridized carbons (Fsp3) is 0.444. The van der Waals surface area contributed by atoms with Crippen molar-refractivity contribution in [2.24, 2.45) is 0 Å². The smallest absolute Gasteiger partial charge is 0.313 e. The molecule has 4 atom stereocenters. The SMILES string of the molecule is O=C(O)CSCC(=O)N[C@H]1CO[C@H]2[C@@H]1OC[C@@H]2Nc1nccc(-c2ccco2)n1. The molecule has 10 nitrogen and oxygen atoms in total. The number of nitrogens with one attached hydrogen (secondary N) is 2. The van der Waals surface area contributed by atoms with Gasteiger partial charge in [0.15, 0.2) is 5.76 Å². The molecule has 2 aromatic rings. The summed E-state index contributed by atoms with van der Waals surface area (Å²) in [5, 5.41) is 14.7. The Balaban J connectivity index is 1.32. The molecule has 29 heavy (non-hydrogen) atoms. The van der Waals surface area contributed by atoms with Gasteiger partial charge in [-0.25, -0.2) is 9.97 Å². The zero-order valence-electron chi connectivity index (χ0n) is 15.3. The number of hydrogen-bond donors (Lipinski definition) is 3. The summed E-state index contributed by atoms with van der Waals surface area (Å²) >= 11 is 1.05. The van der Waals surface area contributed by atoms with E-state index in [4.69, 9.17) is 19.0 Å². The second kappa shape index (κ2) is 8.80. The normalized spacial score (nSPS) is 25.5. The Labute approximate surface area is 170 Å². The summed E-state index contributed by atoms with van der Waals surface area (Å²) in [6.45, 7) is 0.722. The van der Waals surface area contributed by atoms with Crippen molar-refractivity contribution < 1.29 is 28.6 Å². The first-order valence-corrected chi connectivity index (χ1v) is 10.2. The number of carbonyl (C=O) groups is 2. The van der Waals surface area contributed by atoms with Gasteiger partial charge >= 0.3 is 5.97 Å². The van der Waals surface area contributed by atoms with Crippen LogP contribution in [0.2, 0.25) is 0 Å². The van der Waals surface area contributed by atoms with Gasteiger partial charge in [0.25, 0.3) is 0 Å². The molecule has 0 unspecified atom stereocenters. The van der Waals surface area contributed by atoms with Gasteiger partial charge in [-0.05, 0) is 18.2 Å². The Morgan fingerprint density at radius 3 is 2.72 bits per heavy atom. The summed E-state index contributed by atoms with van der Waals surface area (Å²) in [6.07, 6.45) is 2.70. The van der Waals surface area contributed by atoms with E-state index in [-0.39, 0.29) is 41.7 Å². The van der Waals surface area contributed by atoms with Crippen LogP contribution in [0.1, 0.15) is 0 Å². The molecule has 0 spiro atoms. The molecule has 2 aromatic heterocycles. The summed E-state index contributed by atoms with van der Waals surface area (Å²) in [5.74, 6) is -0.125. The van der Waals surface area contributed by atoms with Gasteiger partial charge in [-0.1, -0.05) is 0 Å². The Morgan fingerprint density at radius 2 is 1.97 bits per heavy atom. The maximum absolute atomic E-state index is 12.0. The topological polar surface area (TPSA) is 136 Å². The molecule has 3 N–H and O–H groups in total. The van der Waals surface area contributed by atoms with E-state index < -0.39 is 5.97 Å². The number of aromatic nitrogens is 2. The highest BCUT2D eigenvalue weighted by Gasteiger charge is 2.48. The predicted octanol–water partition coefficient (Wildman–Crippen LogP) is 0.617. The molecule has 2 saturated heterocycles. The lowest BCUT2D eigenvalue weighted by Crippen LogP contribution is -2.45. The van der Waals surface area contributed by atoms with Crippen molar-refractivity contribution in [3.05, 3.63) is 30.7 Å². The minimum atomic E-state index is -0.946. The van der Waals surface area contributed by atoms with Crippen LogP contribution in [0.15, 0.2) is 35.1 Å². The quantitative estimate of drug-likeness (QED) is 0.557. The van der Waals surface area contributed by atoms with E-state index in [1.54, 1.807) is 24.6 Å². The highest BCUT2D eigenvalue weighted by atomic mass is 32.2. The average molecular weight is 420 g/mol. The number of carbonyl (C=O) groups excluding carboxylic acids is 1. The number of carboxylic acids is 1. The van der Waals surface area contributed by atoms with E-state index in [9.17, 15) is 9.59 Å². The van der Waals surface area contributed by atoms with Crippen molar-refractivity contribution in [2.45, 2.75) is 24.3 Å². The largest absolute Gasteiger partial charge is 0.481 e. The zero-order chi connectivity index (χ0) is 20.2. The minimum absolute atomic E-state index is 0.0786. The number of hydrogen-bond acceptors (Lipinski definition) is 9. The molecule has 0 aromatic carbocycles. The van der Waals surface area contributed by atoms with Crippen molar-refractivity contribution >= 4 is 29.6 Å². The third-order valence-corrected chi connectivity index (χ3v) is 5.52. The number of aliphatic carboxylic acids is 1. The van der Waals surface area contributed by atoms with Crippen molar-refractivity contribution in [1.29, 1.82) is 0 Å². The van der Waals surface area contributed by atoms with Crippen LogP contribution >= 0.6 is 11.8 Å². The van der Waals surface area contributed by atoms with Crippen molar-refractivity contribution in [1.82, 2.24) is 15.3 Å². The summed E-state index contributed by atoms with van der Waals surface area (Å²) in [4.78, 5) is 31.3. The summed E-state index contributed by atoms with van der Waals surface area (Å²) < 4.78 is 17.1. The molecule has 0 aliphatic carbocycles. The molecule has 0 radical (unpaired) electrons. The Hall–Kier alpha value is -2.63. The van der Waals surface area contributed by atoms with Crippen LogP contribution in [0.25, 0.3) is 11.5 Å². The second-order valence-corrected chi connectivity index (χ2v) is 7.64. The molecule has 4 heterocycles. The first kappa shape index (κ1) is 19.7. The molecule has 4 rings (SSSR count). The highest BCUT2D eigenvalue weighted by molar-refractivity contribution is 8.00. The number of nitrogens with zero attached hydrogens (tertiary/aromatic N) is 2. The lowest BCUT2D eigenvalue weighted by molar-refractivity contribution is -0.133. The van der Waals surface area contributed by atoms with E-state index in [0.29, 0.717) is 30.6 Å². The molecular formula is C18H20N4O6S. The fourth-order valence-electron chi connectivity index (χ4n) is 3.38. The van der Waals surface area contributed by atoms with Gasteiger partial charge in [-0.3, -0.25) is 9.59 Å². The third-order valence-electron chi connectivity index (χ3n) is 4.60. The molecule has 0 bridgehead atoms. The van der Waals surface area contributed by atoms with E-state index >= 15 is 0 Å². The highest BCUT2D eigenvalue weighted by Crippen LogP contribution is 2.29. The number of rotatable bonds is 8. The number of anilines is 1. The Bertz CT molecular complexity index is 864. The number of furan rings is 1. The zero-order valence-corrected chi connectivity index (χ0v) is 16.1. The second-order valence-electron chi connectivity index (χ2n) is 6.65. The summed E-state index contributed by atoms with van der Waals surface area (Å²) in [7, 11) is 0. The van der Waals surface area contributed by atoms with E-state index in [0.717, 1.165) is 11.8 Å². The van der Waals surface area contributed by atoms with Crippen LogP contribution in [-0.2, 0) is 19.1 Å². The monoisotopic (exact) mass is 420 g/mol. The standard InChI is InChI=1S/C18H20N4O6S/c23-14(8-29-9-15(24)25)20-11-6-27-17-12(7-28-16(11)17)22-18-19-4-3-10(21-18)13-2-1-5-26-13/h1-5,11-12,16-17H,6-9H2,(H,20,23)(H,24,25)(H,19,21,22)/t11-,12-,16+,17+/m0/s1. The summed E-state index contributed by atoms with van der Waals surface area (Å²) in [5.41, 5.74) is 0.666. The van der Waals surface area contributed by atoms with Crippen LogP contribution in [0.5, 0.6) is 0 Å². The first-order chi connectivity index (χ1) is 14.1. The van der Waals surface area contributed by atoms with Gasteiger partial charge in [0.2, 0.25) is 11.9 Å². The molecule has 2 aliphatic heterocycles. The fourth-order valence-corrected chi connectivity index (χ4v) is 3.93. The van der Waals surface area contributed by atoms with Gasteiger partial charge in [0.05, 0.1) is 43.1 Å². The lowest BCUT2D eigenvalue weighted by Gasteiger charge is -2.18. The molecule has 154 valence electrons. The predicted molar refractivity (Wildman–Crippen MR) is 104 cm³/mol. The van der Waals surface area contributed by atoms with Gasteiger partial charge in [-0.2, -0.15) is 0 Å². The first-order valence-electron chi connectivity index (χ1n) is 9.06. The summed E-state index contributed by atoms with van der Waals surface area (Å²) in [6, 6.07) is 4.94. The number of thioether (sulfide) groups is 1. The molecule has 11 heteroatoms. The van der Waals surface area contributed by atoms with E-state index in [2.05, 4.69) is 20.6 Å². The average Bonchev–Trinajstić information content (AvgIpc) is 3.42. The van der Waals surface area contributed by atoms with Crippen LogP contribution in [0.3, 0.4) is 0 Å². The molecule has 0 saturated carbocycles. The van der Waals surface area contributed by atoms with E-state index in [1.807, 2.05) is 6.07 Å². The minimum Gasteiger partial charge on any atom is -0.481 e. The molecule has 1 amide bonds. The number of fused-ring (bicyclic) bond motifs is 1. The lowest BCUT2D eigenvalue weighted by atomic mass is 10.1. The maximum Gasteiger partial charge on any atom is 0.313 e. The van der Waals surface area contributed by atoms with Crippen LogP contribution < -0.4 is 10.6 Å². The van der Waals surface area contributed by atoms with Crippen LogP contribution in [-0.4, -0.2) is 76.0 Å². The van der Waals surface area contributed by atoms with Crippen LogP contribution in [0, 0.1) is 0 Å². The van der Waals surface area contributed by atoms with Gasteiger partial charge < -0.3 is 29.6 Å². The van der Waals surface area contributed by atoms with Gasteiger partial charge in [-0.15, -0.1) is 11.8 Å².